The molecule has 0 aliphatic carbocycles. The van der Waals surface area contributed by atoms with E-state index in [0.29, 0.717) is 18.5 Å². The molecule has 0 saturated carbocycles. The number of nitrogens with zero attached hydrogens (tertiary/aromatic N) is 2. The van der Waals surface area contributed by atoms with Crippen LogP contribution in [0.2, 0.25) is 0 Å². The number of hydrogen-bond acceptors (Lipinski definition) is 4. The number of rotatable bonds is 3. The van der Waals surface area contributed by atoms with Gasteiger partial charge < -0.3 is 5.32 Å². The molecular formula is C11H9N3OS. The van der Waals surface area contributed by atoms with Gasteiger partial charge in [-0.2, -0.15) is 8.75 Å². The average molecular weight is 231 g/mol. The molecule has 1 aromatic carbocycles. The minimum atomic E-state index is -0.134. The van der Waals surface area contributed by atoms with Gasteiger partial charge in [0.05, 0.1) is 11.7 Å². The van der Waals surface area contributed by atoms with Gasteiger partial charge in [-0.25, -0.2) is 0 Å². The van der Waals surface area contributed by atoms with Crippen molar-refractivity contribution in [3.05, 3.63) is 23.8 Å². The van der Waals surface area contributed by atoms with Crippen molar-refractivity contribution >= 4 is 28.7 Å². The van der Waals surface area contributed by atoms with E-state index in [1.807, 2.05) is 0 Å². The Balaban J connectivity index is 2.13. The highest BCUT2D eigenvalue weighted by Crippen LogP contribution is 2.13. The monoisotopic (exact) mass is 231 g/mol. The second-order valence-corrected chi connectivity index (χ2v) is 3.71. The highest BCUT2D eigenvalue weighted by molar-refractivity contribution is 7.00. The Labute approximate surface area is 97.0 Å². The molecule has 5 heteroatoms. The summed E-state index contributed by atoms with van der Waals surface area (Å²) in [6, 6.07) is 5.24. The molecule has 2 aromatic rings. The quantitative estimate of drug-likeness (QED) is 0.642. The van der Waals surface area contributed by atoms with Gasteiger partial charge in [0.15, 0.2) is 0 Å². The third-order valence-corrected chi connectivity index (χ3v) is 2.63. The highest BCUT2D eigenvalue weighted by Gasteiger charge is 2.06. The first-order valence-corrected chi connectivity index (χ1v) is 5.48. The minimum absolute atomic E-state index is 0.134. The van der Waals surface area contributed by atoms with E-state index in [2.05, 4.69) is 20.0 Å². The van der Waals surface area contributed by atoms with E-state index >= 15 is 0 Å². The van der Waals surface area contributed by atoms with Gasteiger partial charge in [0.1, 0.15) is 11.0 Å². The van der Waals surface area contributed by atoms with E-state index in [0.717, 1.165) is 22.8 Å². The molecule has 0 atom stereocenters. The SMILES string of the molecule is C#CCCNC(=O)c1ccc2nsnc2c1. The van der Waals surface area contributed by atoms with Crippen molar-refractivity contribution < 1.29 is 4.79 Å². The highest BCUT2D eigenvalue weighted by atomic mass is 32.1. The van der Waals surface area contributed by atoms with Crippen LogP contribution in [-0.4, -0.2) is 21.2 Å². The predicted molar refractivity (Wildman–Crippen MR) is 63.2 cm³/mol. The fourth-order valence-corrected chi connectivity index (χ4v) is 1.79. The van der Waals surface area contributed by atoms with Gasteiger partial charge >= 0.3 is 0 Å². The van der Waals surface area contributed by atoms with Gasteiger partial charge in [0.25, 0.3) is 5.91 Å². The standard InChI is InChI=1S/C11H9N3OS/c1-2-3-6-12-11(15)8-4-5-9-10(7-8)14-16-13-9/h1,4-5,7H,3,6H2,(H,12,15). The lowest BCUT2D eigenvalue weighted by Gasteiger charge is -2.02. The zero-order chi connectivity index (χ0) is 11.4. The van der Waals surface area contributed by atoms with Crippen LogP contribution in [0.1, 0.15) is 16.8 Å². The van der Waals surface area contributed by atoms with Crippen LogP contribution in [0.5, 0.6) is 0 Å². The van der Waals surface area contributed by atoms with Crippen LogP contribution in [0.4, 0.5) is 0 Å². The van der Waals surface area contributed by atoms with Gasteiger partial charge in [0.2, 0.25) is 0 Å². The van der Waals surface area contributed by atoms with Crippen molar-refractivity contribution in [2.45, 2.75) is 6.42 Å². The van der Waals surface area contributed by atoms with E-state index in [4.69, 9.17) is 6.42 Å². The number of carbonyl (C=O) groups is 1. The Morgan fingerprint density at radius 1 is 1.44 bits per heavy atom. The normalized spacial score (nSPS) is 9.94. The molecule has 0 aliphatic rings. The van der Waals surface area contributed by atoms with Crippen molar-refractivity contribution in [2.75, 3.05) is 6.54 Å². The van der Waals surface area contributed by atoms with E-state index in [9.17, 15) is 4.79 Å². The van der Waals surface area contributed by atoms with Crippen molar-refractivity contribution in [3.63, 3.8) is 0 Å². The van der Waals surface area contributed by atoms with Gasteiger partial charge in [0, 0.05) is 18.5 Å². The molecule has 4 nitrogen and oxygen atoms in total. The molecule has 0 spiro atoms. The molecule has 2 rings (SSSR count). The van der Waals surface area contributed by atoms with Crippen molar-refractivity contribution in [3.8, 4) is 12.3 Å². The average Bonchev–Trinajstić information content (AvgIpc) is 2.76. The number of terminal acetylenes is 1. The Bertz CT molecular complexity index is 556. The van der Waals surface area contributed by atoms with Crippen molar-refractivity contribution in [1.29, 1.82) is 0 Å². The lowest BCUT2D eigenvalue weighted by Crippen LogP contribution is -2.24. The summed E-state index contributed by atoms with van der Waals surface area (Å²) in [5.41, 5.74) is 2.14. The third kappa shape index (κ3) is 2.18. The van der Waals surface area contributed by atoms with Crippen molar-refractivity contribution in [2.24, 2.45) is 0 Å². The Morgan fingerprint density at radius 2 is 2.25 bits per heavy atom. The third-order valence-electron chi connectivity index (χ3n) is 2.07. The molecule has 1 aromatic heterocycles. The van der Waals surface area contributed by atoms with Gasteiger partial charge in [-0.1, -0.05) is 0 Å². The summed E-state index contributed by atoms with van der Waals surface area (Å²) < 4.78 is 8.14. The first-order chi connectivity index (χ1) is 7.81. The van der Waals surface area contributed by atoms with Gasteiger partial charge in [-0.05, 0) is 18.2 Å². The van der Waals surface area contributed by atoms with Gasteiger partial charge in [-0.15, -0.1) is 12.3 Å². The first-order valence-electron chi connectivity index (χ1n) is 4.75. The molecule has 0 saturated heterocycles. The maximum absolute atomic E-state index is 11.7. The van der Waals surface area contributed by atoms with Gasteiger partial charge in [-0.3, -0.25) is 4.79 Å². The molecule has 0 bridgehead atoms. The largest absolute Gasteiger partial charge is 0.351 e. The maximum atomic E-state index is 11.7. The fraction of sp³-hybridized carbons (Fsp3) is 0.182. The summed E-state index contributed by atoms with van der Waals surface area (Å²) in [7, 11) is 0. The summed E-state index contributed by atoms with van der Waals surface area (Å²) in [5.74, 6) is 2.33. The number of nitrogens with one attached hydrogen (secondary N) is 1. The predicted octanol–water partition coefficient (Wildman–Crippen LogP) is 1.44. The fourth-order valence-electron chi connectivity index (χ4n) is 1.27. The van der Waals surface area contributed by atoms with Crippen LogP contribution in [0, 0.1) is 12.3 Å². The maximum Gasteiger partial charge on any atom is 0.251 e. The molecule has 0 radical (unpaired) electrons. The molecule has 16 heavy (non-hydrogen) atoms. The number of carbonyl (C=O) groups excluding carboxylic acids is 1. The second kappa shape index (κ2) is 4.73. The topological polar surface area (TPSA) is 54.9 Å². The van der Waals surface area contributed by atoms with Crippen LogP contribution in [0.25, 0.3) is 11.0 Å². The van der Waals surface area contributed by atoms with Crippen LogP contribution in [0.3, 0.4) is 0 Å². The number of amides is 1. The molecule has 1 heterocycles. The second-order valence-electron chi connectivity index (χ2n) is 3.18. The summed E-state index contributed by atoms with van der Waals surface area (Å²) in [6.07, 6.45) is 5.63. The Morgan fingerprint density at radius 3 is 3.06 bits per heavy atom. The Hall–Kier alpha value is -1.93. The zero-order valence-corrected chi connectivity index (χ0v) is 9.25. The lowest BCUT2D eigenvalue weighted by molar-refractivity contribution is 0.0954. The molecule has 80 valence electrons. The lowest BCUT2D eigenvalue weighted by atomic mass is 10.2. The Kier molecular flexibility index (Phi) is 3.13. The van der Waals surface area contributed by atoms with Crippen LogP contribution in [0.15, 0.2) is 18.2 Å². The molecule has 0 fully saturated rings. The van der Waals surface area contributed by atoms with E-state index < -0.39 is 0 Å². The summed E-state index contributed by atoms with van der Waals surface area (Å²) in [6.45, 7) is 0.489. The molecule has 0 aliphatic heterocycles. The van der Waals surface area contributed by atoms with Crippen LogP contribution >= 0.6 is 11.7 Å². The number of aromatic nitrogens is 2. The molecule has 0 unspecified atom stereocenters. The van der Waals surface area contributed by atoms with E-state index in [1.165, 1.54) is 0 Å². The number of fused-ring (bicyclic) bond motifs is 1. The molecule has 1 amide bonds. The summed E-state index contributed by atoms with van der Waals surface area (Å²) in [5, 5.41) is 2.73. The van der Waals surface area contributed by atoms with Crippen LogP contribution in [-0.2, 0) is 0 Å². The van der Waals surface area contributed by atoms with E-state index in [1.54, 1.807) is 18.2 Å². The summed E-state index contributed by atoms with van der Waals surface area (Å²) >= 11 is 1.14. The van der Waals surface area contributed by atoms with Crippen molar-refractivity contribution in [1.82, 2.24) is 14.1 Å². The molecule has 1 N–H and O–H groups in total. The summed E-state index contributed by atoms with van der Waals surface area (Å²) in [4.78, 5) is 11.7. The number of hydrogen-bond donors (Lipinski definition) is 1. The zero-order valence-electron chi connectivity index (χ0n) is 8.43. The number of benzene rings is 1. The first kappa shape index (κ1) is 10.6. The molecular weight excluding hydrogens is 222 g/mol. The van der Waals surface area contributed by atoms with E-state index in [-0.39, 0.29) is 5.91 Å². The minimum Gasteiger partial charge on any atom is -0.351 e. The van der Waals surface area contributed by atoms with Crippen LogP contribution < -0.4 is 5.32 Å². The smallest absolute Gasteiger partial charge is 0.251 e.